The number of rotatable bonds is 2. The molecule has 0 aliphatic heterocycles. The zero-order chi connectivity index (χ0) is 12.5. The summed E-state index contributed by atoms with van der Waals surface area (Å²) < 4.78 is 0. The largest absolute Gasteiger partial charge is 0.385 e. The van der Waals surface area contributed by atoms with Crippen molar-refractivity contribution in [3.63, 3.8) is 0 Å². The van der Waals surface area contributed by atoms with Gasteiger partial charge in [0.15, 0.2) is 0 Å². The highest BCUT2D eigenvalue weighted by atomic mass is 16.3. The molecular formula is C14H22N2O. The highest BCUT2D eigenvalue weighted by Crippen LogP contribution is 2.43. The van der Waals surface area contributed by atoms with Gasteiger partial charge in [-0.2, -0.15) is 0 Å². The summed E-state index contributed by atoms with van der Waals surface area (Å²) >= 11 is 0. The average molecular weight is 234 g/mol. The molecule has 1 saturated carbocycles. The zero-order valence-corrected chi connectivity index (χ0v) is 10.7. The number of hydrogen-bond donors (Lipinski definition) is 2. The minimum atomic E-state index is -0.756. The molecule has 94 valence electrons. The van der Waals surface area contributed by atoms with E-state index in [0.29, 0.717) is 5.82 Å². The van der Waals surface area contributed by atoms with Crippen LogP contribution >= 0.6 is 0 Å². The monoisotopic (exact) mass is 234 g/mol. The van der Waals surface area contributed by atoms with Crippen molar-refractivity contribution in [2.24, 2.45) is 5.92 Å². The molecule has 3 N–H and O–H groups in total. The van der Waals surface area contributed by atoms with Crippen molar-refractivity contribution < 1.29 is 5.11 Å². The van der Waals surface area contributed by atoms with E-state index in [1.807, 2.05) is 13.0 Å². The number of aryl methyl sites for hydroxylation is 1. The van der Waals surface area contributed by atoms with Gasteiger partial charge in [0.1, 0.15) is 5.82 Å². The van der Waals surface area contributed by atoms with Crippen LogP contribution in [0.3, 0.4) is 0 Å². The number of pyridine rings is 1. The fraction of sp³-hybridized carbons (Fsp3) is 0.643. The summed E-state index contributed by atoms with van der Waals surface area (Å²) in [6, 6.07) is 1.93. The van der Waals surface area contributed by atoms with Gasteiger partial charge < -0.3 is 10.8 Å². The second kappa shape index (κ2) is 4.65. The first-order valence-electron chi connectivity index (χ1n) is 6.51. The second-order valence-electron chi connectivity index (χ2n) is 5.27. The normalized spacial score (nSPS) is 29.2. The minimum absolute atomic E-state index is 0.488. The van der Waals surface area contributed by atoms with Gasteiger partial charge in [-0.05, 0) is 50.2 Å². The van der Waals surface area contributed by atoms with Crippen LogP contribution in [0.1, 0.15) is 50.2 Å². The molecule has 17 heavy (non-hydrogen) atoms. The predicted molar refractivity (Wildman–Crippen MR) is 69.5 cm³/mol. The first-order valence-corrected chi connectivity index (χ1v) is 6.51. The Kier molecular flexibility index (Phi) is 3.38. The molecule has 0 radical (unpaired) electrons. The molecule has 1 aliphatic carbocycles. The predicted octanol–water partition coefficient (Wildman–Crippen LogP) is 2.76. The Hall–Kier alpha value is -1.09. The molecule has 1 aromatic heterocycles. The number of nitrogens with two attached hydrogens (primary N) is 1. The highest BCUT2D eigenvalue weighted by Gasteiger charge is 2.37. The molecule has 0 atom stereocenters. The smallest absolute Gasteiger partial charge is 0.129 e. The van der Waals surface area contributed by atoms with Gasteiger partial charge >= 0.3 is 0 Å². The fourth-order valence-electron chi connectivity index (χ4n) is 3.00. The van der Waals surface area contributed by atoms with E-state index in [9.17, 15) is 5.11 Å². The molecule has 1 fully saturated rings. The zero-order valence-electron chi connectivity index (χ0n) is 10.7. The highest BCUT2D eigenvalue weighted by molar-refractivity contribution is 5.48. The molecule has 2 rings (SSSR count). The number of aliphatic hydroxyl groups is 1. The van der Waals surface area contributed by atoms with Crippen molar-refractivity contribution in [3.05, 3.63) is 23.4 Å². The summed E-state index contributed by atoms with van der Waals surface area (Å²) in [4.78, 5) is 4.12. The van der Waals surface area contributed by atoms with Crippen LogP contribution in [0.15, 0.2) is 12.3 Å². The first kappa shape index (κ1) is 12.4. The Morgan fingerprint density at radius 1 is 1.47 bits per heavy atom. The molecule has 1 aromatic rings. The fourth-order valence-corrected chi connectivity index (χ4v) is 3.00. The molecule has 0 unspecified atom stereocenters. The van der Waals surface area contributed by atoms with Gasteiger partial charge in [-0.25, -0.2) is 4.98 Å². The molecule has 1 heterocycles. The lowest BCUT2D eigenvalue weighted by Gasteiger charge is -2.37. The molecular weight excluding hydrogens is 212 g/mol. The summed E-state index contributed by atoms with van der Waals surface area (Å²) in [5, 5.41) is 10.8. The third-order valence-electron chi connectivity index (χ3n) is 4.16. The van der Waals surface area contributed by atoms with E-state index < -0.39 is 5.60 Å². The minimum Gasteiger partial charge on any atom is -0.385 e. The Bertz CT molecular complexity index is 375. The van der Waals surface area contributed by atoms with E-state index in [-0.39, 0.29) is 0 Å². The van der Waals surface area contributed by atoms with Crippen LogP contribution in [0.25, 0.3) is 0 Å². The Labute approximate surface area is 103 Å². The van der Waals surface area contributed by atoms with E-state index in [1.54, 1.807) is 6.20 Å². The molecule has 0 bridgehead atoms. The molecule has 0 spiro atoms. The second-order valence-corrected chi connectivity index (χ2v) is 5.27. The Morgan fingerprint density at radius 2 is 2.12 bits per heavy atom. The Morgan fingerprint density at radius 3 is 2.65 bits per heavy atom. The maximum Gasteiger partial charge on any atom is 0.129 e. The van der Waals surface area contributed by atoms with Crippen molar-refractivity contribution >= 4 is 5.82 Å². The lowest BCUT2D eigenvalue weighted by Crippen LogP contribution is -2.33. The van der Waals surface area contributed by atoms with Crippen LogP contribution in [0.2, 0.25) is 0 Å². The SMILES string of the molecule is CCC1CCC(O)(c2c(C)ccnc2N)CC1. The summed E-state index contributed by atoms with van der Waals surface area (Å²) in [5.74, 6) is 1.25. The maximum atomic E-state index is 10.8. The van der Waals surface area contributed by atoms with Gasteiger partial charge in [0.2, 0.25) is 0 Å². The number of aromatic nitrogens is 1. The molecule has 1 aliphatic rings. The van der Waals surface area contributed by atoms with Crippen molar-refractivity contribution in [1.29, 1.82) is 0 Å². The van der Waals surface area contributed by atoms with Crippen molar-refractivity contribution in [1.82, 2.24) is 4.98 Å². The number of anilines is 1. The van der Waals surface area contributed by atoms with Crippen LogP contribution in [-0.2, 0) is 5.60 Å². The molecule has 0 saturated heterocycles. The van der Waals surface area contributed by atoms with Crippen LogP contribution in [-0.4, -0.2) is 10.1 Å². The summed E-state index contributed by atoms with van der Waals surface area (Å²) in [6.07, 6.45) is 6.69. The van der Waals surface area contributed by atoms with Gasteiger partial charge in [-0.15, -0.1) is 0 Å². The van der Waals surface area contributed by atoms with Gasteiger partial charge in [-0.3, -0.25) is 0 Å². The molecule has 3 heteroatoms. The van der Waals surface area contributed by atoms with Crippen LogP contribution < -0.4 is 5.73 Å². The quantitative estimate of drug-likeness (QED) is 0.827. The van der Waals surface area contributed by atoms with E-state index in [1.165, 1.54) is 6.42 Å². The Balaban J connectivity index is 2.27. The van der Waals surface area contributed by atoms with Gasteiger partial charge in [0, 0.05) is 11.8 Å². The van der Waals surface area contributed by atoms with E-state index in [0.717, 1.165) is 42.7 Å². The first-order chi connectivity index (χ1) is 8.07. The van der Waals surface area contributed by atoms with Crippen LogP contribution in [0.4, 0.5) is 5.82 Å². The van der Waals surface area contributed by atoms with E-state index in [2.05, 4.69) is 11.9 Å². The third-order valence-corrected chi connectivity index (χ3v) is 4.16. The molecule has 0 amide bonds. The number of hydrogen-bond acceptors (Lipinski definition) is 3. The van der Waals surface area contributed by atoms with E-state index in [4.69, 9.17) is 5.73 Å². The van der Waals surface area contributed by atoms with Crippen molar-refractivity contribution in [2.45, 2.75) is 51.6 Å². The van der Waals surface area contributed by atoms with Crippen molar-refractivity contribution in [2.75, 3.05) is 5.73 Å². The van der Waals surface area contributed by atoms with E-state index >= 15 is 0 Å². The summed E-state index contributed by atoms with van der Waals surface area (Å²) in [6.45, 7) is 4.22. The van der Waals surface area contributed by atoms with Crippen molar-refractivity contribution in [3.8, 4) is 0 Å². The maximum absolute atomic E-state index is 10.8. The van der Waals surface area contributed by atoms with Gasteiger partial charge in [0.25, 0.3) is 0 Å². The summed E-state index contributed by atoms with van der Waals surface area (Å²) in [7, 11) is 0. The van der Waals surface area contributed by atoms with Crippen LogP contribution in [0.5, 0.6) is 0 Å². The molecule has 3 nitrogen and oxygen atoms in total. The lowest BCUT2D eigenvalue weighted by molar-refractivity contribution is -0.0146. The van der Waals surface area contributed by atoms with Crippen LogP contribution in [0, 0.1) is 12.8 Å². The van der Waals surface area contributed by atoms with Gasteiger partial charge in [0.05, 0.1) is 5.60 Å². The number of nitrogens with zero attached hydrogens (tertiary/aromatic N) is 1. The average Bonchev–Trinajstić information content (AvgIpc) is 2.29. The standard InChI is InChI=1S/C14H22N2O/c1-3-11-4-7-14(17,8-5-11)12-10(2)6-9-16-13(12)15/h6,9,11,17H,3-5,7-8H2,1-2H3,(H2,15,16). The van der Waals surface area contributed by atoms with Gasteiger partial charge in [-0.1, -0.05) is 13.3 Å². The topological polar surface area (TPSA) is 59.1 Å². The third kappa shape index (κ3) is 2.29. The number of nitrogen functional groups attached to an aromatic ring is 1. The lowest BCUT2D eigenvalue weighted by atomic mass is 9.73. The molecule has 0 aromatic carbocycles. The summed E-state index contributed by atoms with van der Waals surface area (Å²) in [5.41, 5.74) is 7.08.